The van der Waals surface area contributed by atoms with Crippen molar-refractivity contribution in [1.29, 1.82) is 0 Å². The number of likely N-dealkylation sites (tertiary alicyclic amines) is 1. The van der Waals surface area contributed by atoms with Gasteiger partial charge >= 0.3 is 5.97 Å². The number of rotatable bonds is 9. The minimum absolute atomic E-state index is 0.0818. The average molecular weight is 463 g/mol. The predicted octanol–water partition coefficient (Wildman–Crippen LogP) is 5.44. The smallest absolute Gasteiger partial charge is 0.313 e. The van der Waals surface area contributed by atoms with Gasteiger partial charge in [0.25, 0.3) is 0 Å². The SMILES string of the molecule is CCOC(=O)C1(C)CCCN(Cc2ccc(OCCc3nc(-c4ccccc4)oc3C)cc2)C1. The van der Waals surface area contributed by atoms with Gasteiger partial charge in [0.05, 0.1) is 24.3 Å². The van der Waals surface area contributed by atoms with Gasteiger partial charge < -0.3 is 13.9 Å². The summed E-state index contributed by atoms with van der Waals surface area (Å²) in [7, 11) is 0. The van der Waals surface area contributed by atoms with Gasteiger partial charge in [-0.1, -0.05) is 30.3 Å². The zero-order chi connectivity index (χ0) is 24.0. The standard InChI is InChI=1S/C28H34N2O4/c1-4-32-27(31)28(3)16-8-17-30(20-28)19-22-11-13-24(14-12-22)33-18-15-25-21(2)34-26(29-25)23-9-6-5-7-10-23/h5-7,9-14H,4,8,15-20H2,1-3H3. The average Bonchev–Trinajstić information content (AvgIpc) is 3.21. The number of aromatic nitrogens is 1. The van der Waals surface area contributed by atoms with Gasteiger partial charge in [0.1, 0.15) is 11.5 Å². The molecule has 0 radical (unpaired) electrons. The summed E-state index contributed by atoms with van der Waals surface area (Å²) in [6.07, 6.45) is 2.57. The molecule has 1 aliphatic rings. The molecule has 34 heavy (non-hydrogen) atoms. The Labute approximate surface area is 201 Å². The van der Waals surface area contributed by atoms with Gasteiger partial charge in [0.15, 0.2) is 0 Å². The van der Waals surface area contributed by atoms with Crippen molar-refractivity contribution < 1.29 is 18.7 Å². The van der Waals surface area contributed by atoms with Crippen molar-refractivity contribution in [3.05, 3.63) is 71.6 Å². The van der Waals surface area contributed by atoms with Gasteiger partial charge in [-0.15, -0.1) is 0 Å². The molecule has 0 saturated carbocycles. The first-order chi connectivity index (χ1) is 16.5. The largest absolute Gasteiger partial charge is 0.493 e. The second-order valence-corrected chi connectivity index (χ2v) is 9.23. The highest BCUT2D eigenvalue weighted by Crippen LogP contribution is 2.32. The third-order valence-electron chi connectivity index (χ3n) is 6.39. The minimum atomic E-state index is -0.420. The molecule has 0 bridgehead atoms. The first kappa shape index (κ1) is 24.0. The van der Waals surface area contributed by atoms with Crippen molar-refractivity contribution in [1.82, 2.24) is 9.88 Å². The van der Waals surface area contributed by atoms with E-state index >= 15 is 0 Å². The molecule has 1 unspecified atom stereocenters. The van der Waals surface area contributed by atoms with Crippen LogP contribution in [-0.4, -0.2) is 42.2 Å². The molecule has 6 nitrogen and oxygen atoms in total. The topological polar surface area (TPSA) is 64.8 Å². The van der Waals surface area contributed by atoms with E-state index in [1.54, 1.807) is 0 Å². The predicted molar refractivity (Wildman–Crippen MR) is 132 cm³/mol. The first-order valence-corrected chi connectivity index (χ1v) is 12.1. The van der Waals surface area contributed by atoms with E-state index in [9.17, 15) is 4.79 Å². The normalized spacial score (nSPS) is 18.6. The fourth-order valence-corrected chi connectivity index (χ4v) is 4.53. The van der Waals surface area contributed by atoms with Crippen molar-refractivity contribution in [2.45, 2.75) is 46.6 Å². The number of hydrogen-bond donors (Lipinski definition) is 0. The summed E-state index contributed by atoms with van der Waals surface area (Å²) in [6, 6.07) is 18.1. The highest BCUT2D eigenvalue weighted by atomic mass is 16.5. The van der Waals surface area contributed by atoms with E-state index in [-0.39, 0.29) is 5.97 Å². The van der Waals surface area contributed by atoms with E-state index in [1.165, 1.54) is 5.56 Å². The second kappa shape index (κ2) is 10.9. The Balaban J connectivity index is 1.28. The van der Waals surface area contributed by atoms with Crippen LogP contribution < -0.4 is 4.74 Å². The highest BCUT2D eigenvalue weighted by Gasteiger charge is 2.39. The molecule has 0 N–H and O–H groups in total. The van der Waals surface area contributed by atoms with Crippen LogP contribution in [-0.2, 0) is 22.5 Å². The Morgan fingerprint density at radius 3 is 2.65 bits per heavy atom. The fraction of sp³-hybridized carbons (Fsp3) is 0.429. The fourth-order valence-electron chi connectivity index (χ4n) is 4.53. The zero-order valence-electron chi connectivity index (χ0n) is 20.4. The van der Waals surface area contributed by atoms with E-state index in [4.69, 9.17) is 13.9 Å². The Bertz CT molecular complexity index is 1080. The van der Waals surface area contributed by atoms with Crippen LogP contribution in [0.4, 0.5) is 0 Å². The van der Waals surface area contributed by atoms with Crippen LogP contribution in [0.5, 0.6) is 5.75 Å². The molecule has 0 aliphatic carbocycles. The van der Waals surface area contributed by atoms with Gasteiger partial charge in [-0.3, -0.25) is 9.69 Å². The van der Waals surface area contributed by atoms with E-state index in [2.05, 4.69) is 22.0 Å². The molecule has 0 spiro atoms. The maximum atomic E-state index is 12.4. The van der Waals surface area contributed by atoms with Gasteiger partial charge in [-0.2, -0.15) is 0 Å². The molecular formula is C28H34N2O4. The van der Waals surface area contributed by atoms with Gasteiger partial charge in [-0.25, -0.2) is 4.98 Å². The molecule has 2 heterocycles. The van der Waals surface area contributed by atoms with Gasteiger partial charge in [-0.05, 0) is 70.0 Å². The number of carbonyl (C=O) groups is 1. The Morgan fingerprint density at radius 1 is 1.15 bits per heavy atom. The lowest BCUT2D eigenvalue weighted by Gasteiger charge is -2.38. The van der Waals surface area contributed by atoms with Gasteiger partial charge in [0.2, 0.25) is 5.89 Å². The molecule has 6 heteroatoms. The van der Waals surface area contributed by atoms with Crippen LogP contribution in [0.25, 0.3) is 11.5 Å². The van der Waals surface area contributed by atoms with E-state index < -0.39 is 5.41 Å². The summed E-state index contributed by atoms with van der Waals surface area (Å²) in [5, 5.41) is 0. The number of aryl methyl sites for hydroxylation is 1. The molecule has 0 amide bonds. The van der Waals surface area contributed by atoms with Crippen LogP contribution in [0.1, 0.15) is 43.7 Å². The summed E-state index contributed by atoms with van der Waals surface area (Å²) in [5.74, 6) is 2.23. The maximum absolute atomic E-state index is 12.4. The van der Waals surface area contributed by atoms with Crippen molar-refractivity contribution in [2.75, 3.05) is 26.3 Å². The number of hydrogen-bond acceptors (Lipinski definition) is 6. The van der Waals surface area contributed by atoms with Crippen molar-refractivity contribution in [2.24, 2.45) is 5.41 Å². The molecule has 2 aromatic carbocycles. The molecule has 3 aromatic rings. The molecule has 1 saturated heterocycles. The Kier molecular flexibility index (Phi) is 7.68. The highest BCUT2D eigenvalue weighted by molar-refractivity contribution is 5.76. The second-order valence-electron chi connectivity index (χ2n) is 9.23. The molecule has 1 atom stereocenters. The maximum Gasteiger partial charge on any atom is 0.313 e. The first-order valence-electron chi connectivity index (χ1n) is 12.1. The van der Waals surface area contributed by atoms with Crippen molar-refractivity contribution in [3.63, 3.8) is 0 Å². The number of carbonyl (C=O) groups excluding carboxylic acids is 1. The molecule has 1 aromatic heterocycles. The van der Waals surface area contributed by atoms with Gasteiger partial charge in [0, 0.05) is 25.1 Å². The number of piperidine rings is 1. The molecule has 4 rings (SSSR count). The third-order valence-corrected chi connectivity index (χ3v) is 6.39. The summed E-state index contributed by atoms with van der Waals surface area (Å²) < 4.78 is 17.1. The number of ether oxygens (including phenoxy) is 2. The summed E-state index contributed by atoms with van der Waals surface area (Å²) in [5.41, 5.74) is 2.69. The number of oxazole rings is 1. The molecule has 1 aliphatic heterocycles. The lowest BCUT2D eigenvalue weighted by Crippen LogP contribution is -2.46. The summed E-state index contributed by atoms with van der Waals surface area (Å²) in [6.45, 7) is 9.33. The lowest BCUT2D eigenvalue weighted by atomic mass is 9.82. The molecule has 180 valence electrons. The van der Waals surface area contributed by atoms with Crippen LogP contribution in [0.15, 0.2) is 59.0 Å². The van der Waals surface area contributed by atoms with Crippen LogP contribution in [0.3, 0.4) is 0 Å². The summed E-state index contributed by atoms with van der Waals surface area (Å²) >= 11 is 0. The Morgan fingerprint density at radius 2 is 1.91 bits per heavy atom. The van der Waals surface area contributed by atoms with Crippen LogP contribution in [0.2, 0.25) is 0 Å². The zero-order valence-corrected chi connectivity index (χ0v) is 20.4. The summed E-state index contributed by atoms with van der Waals surface area (Å²) in [4.78, 5) is 19.4. The number of benzene rings is 2. The van der Waals surface area contributed by atoms with E-state index in [1.807, 2.05) is 63.2 Å². The monoisotopic (exact) mass is 462 g/mol. The van der Waals surface area contributed by atoms with E-state index in [0.717, 1.165) is 55.2 Å². The van der Waals surface area contributed by atoms with E-state index in [0.29, 0.717) is 25.5 Å². The van der Waals surface area contributed by atoms with Crippen molar-refractivity contribution >= 4 is 5.97 Å². The Hall–Kier alpha value is -3.12. The van der Waals surface area contributed by atoms with Crippen LogP contribution >= 0.6 is 0 Å². The quantitative estimate of drug-likeness (QED) is 0.395. The van der Waals surface area contributed by atoms with Crippen LogP contribution in [0, 0.1) is 12.3 Å². The number of esters is 1. The molecule has 1 fully saturated rings. The lowest BCUT2D eigenvalue weighted by molar-refractivity contribution is -0.157. The third kappa shape index (κ3) is 5.86. The molecular weight excluding hydrogens is 428 g/mol. The number of nitrogens with zero attached hydrogens (tertiary/aromatic N) is 2. The van der Waals surface area contributed by atoms with Crippen molar-refractivity contribution in [3.8, 4) is 17.2 Å². The minimum Gasteiger partial charge on any atom is -0.493 e.